The molecule has 1 aliphatic rings. The van der Waals surface area contributed by atoms with E-state index < -0.39 is 18.1 Å². The van der Waals surface area contributed by atoms with E-state index in [1.54, 1.807) is 24.3 Å². The number of carbonyl (C=O) groups excluding carboxylic acids is 1. The lowest BCUT2D eigenvalue weighted by atomic mass is 10.0. The van der Waals surface area contributed by atoms with E-state index in [1.165, 1.54) is 4.90 Å². The van der Waals surface area contributed by atoms with Crippen LogP contribution in [-0.2, 0) is 16.1 Å². The van der Waals surface area contributed by atoms with E-state index in [9.17, 15) is 14.7 Å². The van der Waals surface area contributed by atoms with Gasteiger partial charge in [0.05, 0.1) is 6.61 Å². The molecule has 2 aromatic carbocycles. The van der Waals surface area contributed by atoms with Gasteiger partial charge in [0, 0.05) is 6.04 Å². The largest absolute Gasteiger partial charge is 0.494 e. The quantitative estimate of drug-likeness (QED) is 0.694. The number of ether oxygens (including phenoxy) is 2. The van der Waals surface area contributed by atoms with Crippen LogP contribution in [0.5, 0.6) is 5.75 Å². The Hall–Kier alpha value is -3.02. The molecule has 0 spiro atoms. The zero-order valence-electron chi connectivity index (χ0n) is 15.9. The molecule has 1 saturated carbocycles. The summed E-state index contributed by atoms with van der Waals surface area (Å²) in [5, 5.41) is 9.88. The van der Waals surface area contributed by atoms with E-state index in [0.717, 1.165) is 24.8 Å². The molecule has 0 bridgehead atoms. The molecule has 0 heterocycles. The molecule has 6 heteroatoms. The highest BCUT2D eigenvalue weighted by Gasteiger charge is 2.42. The average Bonchev–Trinajstić information content (AvgIpc) is 3.54. The molecule has 1 fully saturated rings. The summed E-state index contributed by atoms with van der Waals surface area (Å²) >= 11 is 0. The van der Waals surface area contributed by atoms with Gasteiger partial charge in [-0.25, -0.2) is 9.59 Å². The Bertz CT molecular complexity index is 804. The SMILES string of the molecule is CCCOc1cccc(C(C(=O)O)N(C(=O)OCc2ccccc2)C2CC2)c1. The van der Waals surface area contributed by atoms with Crippen molar-refractivity contribution in [2.24, 2.45) is 0 Å². The van der Waals surface area contributed by atoms with Gasteiger partial charge < -0.3 is 14.6 Å². The Morgan fingerprint density at radius 1 is 1.14 bits per heavy atom. The van der Waals surface area contributed by atoms with Crippen LogP contribution in [0.4, 0.5) is 4.79 Å². The normalized spacial score (nSPS) is 14.2. The number of hydrogen-bond donors (Lipinski definition) is 1. The lowest BCUT2D eigenvalue weighted by molar-refractivity contribution is -0.143. The fourth-order valence-electron chi connectivity index (χ4n) is 3.03. The molecule has 28 heavy (non-hydrogen) atoms. The monoisotopic (exact) mass is 383 g/mol. The van der Waals surface area contributed by atoms with Crippen LogP contribution in [0, 0.1) is 0 Å². The van der Waals surface area contributed by atoms with Crippen LogP contribution in [-0.4, -0.2) is 34.7 Å². The zero-order chi connectivity index (χ0) is 19.9. The van der Waals surface area contributed by atoms with E-state index in [4.69, 9.17) is 9.47 Å². The van der Waals surface area contributed by atoms with Crippen molar-refractivity contribution in [1.29, 1.82) is 0 Å². The molecule has 0 aliphatic heterocycles. The molecule has 1 N–H and O–H groups in total. The number of hydrogen-bond acceptors (Lipinski definition) is 4. The summed E-state index contributed by atoms with van der Waals surface area (Å²) in [6, 6.07) is 15.0. The van der Waals surface area contributed by atoms with Crippen molar-refractivity contribution >= 4 is 12.1 Å². The molecular weight excluding hydrogens is 358 g/mol. The van der Waals surface area contributed by atoms with E-state index in [-0.39, 0.29) is 12.6 Å². The Morgan fingerprint density at radius 2 is 1.89 bits per heavy atom. The molecule has 0 saturated heterocycles. The molecule has 1 unspecified atom stereocenters. The first-order valence-electron chi connectivity index (χ1n) is 9.54. The number of carbonyl (C=O) groups is 2. The topological polar surface area (TPSA) is 76.1 Å². The van der Waals surface area contributed by atoms with Gasteiger partial charge in [0.1, 0.15) is 12.4 Å². The summed E-state index contributed by atoms with van der Waals surface area (Å²) in [7, 11) is 0. The summed E-state index contributed by atoms with van der Waals surface area (Å²) < 4.78 is 11.1. The predicted molar refractivity (Wildman–Crippen MR) is 104 cm³/mol. The number of amides is 1. The Kier molecular flexibility index (Phi) is 6.53. The number of rotatable bonds is 9. The molecule has 1 atom stereocenters. The van der Waals surface area contributed by atoms with E-state index >= 15 is 0 Å². The number of carboxylic acids is 1. The molecule has 0 aromatic heterocycles. The minimum Gasteiger partial charge on any atom is -0.494 e. The summed E-state index contributed by atoms with van der Waals surface area (Å²) in [5.74, 6) is -0.491. The second-order valence-electron chi connectivity index (χ2n) is 6.84. The van der Waals surface area contributed by atoms with Crippen molar-refractivity contribution in [1.82, 2.24) is 4.90 Å². The van der Waals surface area contributed by atoms with E-state index in [1.807, 2.05) is 37.3 Å². The highest BCUT2D eigenvalue weighted by molar-refractivity contribution is 5.82. The number of benzene rings is 2. The Labute approximate surface area is 164 Å². The van der Waals surface area contributed by atoms with Gasteiger partial charge in [-0.15, -0.1) is 0 Å². The second kappa shape index (κ2) is 9.26. The summed E-state index contributed by atoms with van der Waals surface area (Å²) in [6.07, 6.45) is 1.79. The minimum absolute atomic E-state index is 0.106. The Balaban J connectivity index is 1.79. The lowest BCUT2D eigenvalue weighted by Gasteiger charge is -2.28. The van der Waals surface area contributed by atoms with Crippen LogP contribution in [0.15, 0.2) is 54.6 Å². The smallest absolute Gasteiger partial charge is 0.411 e. The average molecular weight is 383 g/mol. The van der Waals surface area contributed by atoms with E-state index in [0.29, 0.717) is 17.9 Å². The fourth-order valence-corrected chi connectivity index (χ4v) is 3.03. The van der Waals surface area contributed by atoms with Gasteiger partial charge in [-0.3, -0.25) is 4.90 Å². The van der Waals surface area contributed by atoms with Crippen molar-refractivity contribution in [3.63, 3.8) is 0 Å². The van der Waals surface area contributed by atoms with Crippen molar-refractivity contribution in [3.8, 4) is 5.75 Å². The molecule has 3 rings (SSSR count). The van der Waals surface area contributed by atoms with Gasteiger partial charge in [-0.05, 0) is 42.5 Å². The molecule has 6 nitrogen and oxygen atoms in total. The predicted octanol–water partition coefficient (Wildman–Crippen LogP) is 4.40. The van der Waals surface area contributed by atoms with Crippen molar-refractivity contribution in [2.45, 2.75) is 44.9 Å². The first kappa shape index (κ1) is 19.7. The Morgan fingerprint density at radius 3 is 2.54 bits per heavy atom. The third kappa shape index (κ3) is 5.03. The van der Waals surface area contributed by atoms with Gasteiger partial charge in [-0.1, -0.05) is 49.4 Å². The second-order valence-corrected chi connectivity index (χ2v) is 6.84. The highest BCUT2D eigenvalue weighted by atomic mass is 16.6. The zero-order valence-corrected chi connectivity index (χ0v) is 15.9. The third-order valence-electron chi connectivity index (χ3n) is 4.51. The minimum atomic E-state index is -1.11. The lowest BCUT2D eigenvalue weighted by Crippen LogP contribution is -2.41. The molecule has 1 aliphatic carbocycles. The van der Waals surface area contributed by atoms with Crippen LogP contribution in [0.2, 0.25) is 0 Å². The standard InChI is InChI=1S/C22H25NO5/c1-2-13-27-19-10-6-9-17(14-19)20(21(24)25)23(18-11-12-18)22(26)28-15-16-7-4-3-5-8-16/h3-10,14,18,20H,2,11-13,15H2,1H3,(H,24,25). The van der Waals surface area contributed by atoms with Gasteiger partial charge in [0.15, 0.2) is 6.04 Å². The first-order valence-corrected chi connectivity index (χ1v) is 9.54. The van der Waals surface area contributed by atoms with Crippen molar-refractivity contribution in [3.05, 3.63) is 65.7 Å². The summed E-state index contributed by atoms with van der Waals surface area (Å²) in [4.78, 5) is 26.2. The van der Waals surface area contributed by atoms with Crippen LogP contribution < -0.4 is 4.74 Å². The van der Waals surface area contributed by atoms with Crippen molar-refractivity contribution < 1.29 is 24.2 Å². The highest BCUT2D eigenvalue weighted by Crippen LogP contribution is 2.36. The number of nitrogens with zero attached hydrogens (tertiary/aromatic N) is 1. The van der Waals surface area contributed by atoms with E-state index in [2.05, 4.69) is 0 Å². The van der Waals surface area contributed by atoms with Gasteiger partial charge in [0.25, 0.3) is 0 Å². The molecule has 1 amide bonds. The van der Waals surface area contributed by atoms with Crippen LogP contribution >= 0.6 is 0 Å². The molecule has 2 aromatic rings. The third-order valence-corrected chi connectivity index (χ3v) is 4.51. The van der Waals surface area contributed by atoms with Crippen LogP contribution in [0.25, 0.3) is 0 Å². The number of aliphatic carboxylic acids is 1. The maximum absolute atomic E-state index is 12.8. The van der Waals surface area contributed by atoms with Gasteiger partial charge >= 0.3 is 12.1 Å². The van der Waals surface area contributed by atoms with Crippen LogP contribution in [0.1, 0.15) is 43.4 Å². The van der Waals surface area contributed by atoms with Crippen molar-refractivity contribution in [2.75, 3.05) is 6.61 Å². The molecule has 0 radical (unpaired) electrons. The molecular formula is C22H25NO5. The molecule has 148 valence electrons. The maximum atomic E-state index is 12.8. The fraction of sp³-hybridized carbons (Fsp3) is 0.364. The maximum Gasteiger partial charge on any atom is 0.411 e. The van der Waals surface area contributed by atoms with Gasteiger partial charge in [0.2, 0.25) is 0 Å². The number of carboxylic acid groups (broad SMARTS) is 1. The first-order chi connectivity index (χ1) is 13.6. The summed E-state index contributed by atoms with van der Waals surface area (Å²) in [5.41, 5.74) is 1.36. The van der Waals surface area contributed by atoms with Crippen LogP contribution in [0.3, 0.4) is 0 Å². The summed E-state index contributed by atoms with van der Waals surface area (Å²) in [6.45, 7) is 2.66. The van der Waals surface area contributed by atoms with Gasteiger partial charge in [-0.2, -0.15) is 0 Å².